The second-order valence-electron chi connectivity index (χ2n) is 7.75. The number of nitrogens with one attached hydrogen (secondary N) is 1. The molecule has 2 aliphatic rings. The number of amidine groups is 1. The highest BCUT2D eigenvalue weighted by Crippen LogP contribution is 2.40. The summed E-state index contributed by atoms with van der Waals surface area (Å²) in [5, 5.41) is 2.92. The first-order valence-corrected chi connectivity index (χ1v) is 10.8. The fourth-order valence-corrected chi connectivity index (χ4v) is 5.22. The zero-order valence-corrected chi connectivity index (χ0v) is 18.7. The van der Waals surface area contributed by atoms with Gasteiger partial charge in [-0.05, 0) is 78.3 Å². The fraction of sp³-hybridized carbons (Fsp3) is 0.364. The maximum atomic E-state index is 13.9. The van der Waals surface area contributed by atoms with E-state index in [1.807, 2.05) is 0 Å². The second-order valence-corrected chi connectivity index (χ2v) is 9.00. The minimum absolute atomic E-state index is 0.238. The smallest absolute Gasteiger partial charge is 0.296 e. The molecular weight excluding hydrogens is 482 g/mol. The minimum atomic E-state index is -0.569. The van der Waals surface area contributed by atoms with E-state index in [1.54, 1.807) is 24.1 Å². The molecule has 2 aliphatic heterocycles. The van der Waals surface area contributed by atoms with Crippen molar-refractivity contribution in [3.05, 3.63) is 63.5 Å². The quantitative estimate of drug-likeness (QED) is 0.628. The number of halogens is 2. The number of aliphatic imine (C=N–C) groups is 1. The van der Waals surface area contributed by atoms with Crippen LogP contribution in [0.15, 0.2) is 53.5 Å². The number of hydrogen-bond acceptors (Lipinski definition) is 3. The molecule has 5 nitrogen and oxygen atoms in total. The van der Waals surface area contributed by atoms with E-state index in [0.717, 1.165) is 25.9 Å². The molecule has 2 aromatic carbocycles. The molecule has 2 heterocycles. The van der Waals surface area contributed by atoms with Crippen LogP contribution in [0.5, 0.6) is 0 Å². The zero-order valence-electron chi connectivity index (χ0n) is 16.5. The summed E-state index contributed by atoms with van der Waals surface area (Å²) in [5.41, 5.74) is 1.28. The van der Waals surface area contributed by atoms with Gasteiger partial charge in [-0.2, -0.15) is 0 Å². The summed E-state index contributed by atoms with van der Waals surface area (Å²) < 4.78 is 15.1. The Hall–Kier alpha value is -2.00. The predicted octanol–water partition coefficient (Wildman–Crippen LogP) is 4.41. The molecular formula is C22H24FIN4O. The first kappa shape index (κ1) is 20.3. The molecule has 2 saturated heterocycles. The second kappa shape index (κ2) is 8.02. The summed E-state index contributed by atoms with van der Waals surface area (Å²) in [4.78, 5) is 21.4. The maximum absolute atomic E-state index is 13.9. The van der Waals surface area contributed by atoms with Crippen LogP contribution in [0, 0.1) is 9.39 Å². The van der Waals surface area contributed by atoms with Crippen molar-refractivity contribution in [3.8, 4) is 0 Å². The van der Waals surface area contributed by atoms with Crippen LogP contribution < -0.4 is 10.2 Å². The van der Waals surface area contributed by atoms with Gasteiger partial charge in [0.1, 0.15) is 17.2 Å². The third-order valence-corrected chi connectivity index (χ3v) is 6.60. The van der Waals surface area contributed by atoms with Crippen molar-refractivity contribution in [2.45, 2.75) is 37.9 Å². The van der Waals surface area contributed by atoms with Crippen molar-refractivity contribution in [2.24, 2.45) is 4.99 Å². The van der Waals surface area contributed by atoms with Crippen molar-refractivity contribution in [1.82, 2.24) is 10.2 Å². The molecule has 2 fully saturated rings. The fourth-order valence-electron chi connectivity index (χ4n) is 4.61. The van der Waals surface area contributed by atoms with Crippen molar-refractivity contribution >= 4 is 40.1 Å². The molecule has 2 aromatic rings. The molecule has 0 unspecified atom stereocenters. The Morgan fingerprint density at radius 2 is 2.07 bits per heavy atom. The van der Waals surface area contributed by atoms with E-state index < -0.39 is 5.54 Å². The van der Waals surface area contributed by atoms with Gasteiger partial charge in [0, 0.05) is 35.4 Å². The molecule has 0 saturated carbocycles. The van der Waals surface area contributed by atoms with Gasteiger partial charge in [-0.3, -0.25) is 20.1 Å². The number of urea groups is 1. The number of hydrogen-bond donors (Lipinski definition) is 1. The van der Waals surface area contributed by atoms with Gasteiger partial charge in [-0.1, -0.05) is 18.2 Å². The lowest BCUT2D eigenvalue weighted by Crippen LogP contribution is -2.59. The number of anilines is 1. The van der Waals surface area contributed by atoms with Crippen LogP contribution in [-0.2, 0) is 6.54 Å². The van der Waals surface area contributed by atoms with Gasteiger partial charge in [0.25, 0.3) is 0 Å². The molecule has 29 heavy (non-hydrogen) atoms. The SMILES string of the molecule is CN=C1NC(=O)N(c2cccc(F)c2)[C@@]12CCN(Cc1cccc(I)c1)[C@@H](C)C2. The van der Waals surface area contributed by atoms with Crippen molar-refractivity contribution < 1.29 is 9.18 Å². The summed E-state index contributed by atoms with van der Waals surface area (Å²) in [7, 11) is 1.70. The normalized spacial score (nSPS) is 26.3. The number of carbonyl (C=O) groups excluding carboxylic acids is 1. The summed E-state index contributed by atoms with van der Waals surface area (Å²) >= 11 is 2.33. The van der Waals surface area contributed by atoms with Crippen LogP contribution in [-0.4, -0.2) is 41.9 Å². The molecule has 1 N–H and O–H groups in total. The van der Waals surface area contributed by atoms with E-state index >= 15 is 0 Å². The third kappa shape index (κ3) is 3.77. The Morgan fingerprint density at radius 3 is 2.76 bits per heavy atom. The van der Waals surface area contributed by atoms with E-state index in [9.17, 15) is 9.18 Å². The molecule has 0 aliphatic carbocycles. The standard InChI is InChI=1S/C22H24FIN4O/c1-15-13-22(9-10-27(15)14-16-5-3-7-18(24)11-16)20(25-2)26-21(29)28(22)19-8-4-6-17(23)12-19/h3-8,11-12,15H,9-10,13-14H2,1-2H3,(H,25,26,29)/t15-,22+/m0/s1. The van der Waals surface area contributed by atoms with Crippen LogP contribution >= 0.6 is 22.6 Å². The Kier molecular flexibility index (Phi) is 5.61. The van der Waals surface area contributed by atoms with Gasteiger partial charge >= 0.3 is 6.03 Å². The molecule has 1 spiro atoms. The van der Waals surface area contributed by atoms with Gasteiger partial charge in [-0.15, -0.1) is 0 Å². The van der Waals surface area contributed by atoms with E-state index in [2.05, 4.69) is 69.0 Å². The van der Waals surface area contributed by atoms with Crippen molar-refractivity contribution in [3.63, 3.8) is 0 Å². The summed E-state index contributed by atoms with van der Waals surface area (Å²) in [6, 6.07) is 14.8. The summed E-state index contributed by atoms with van der Waals surface area (Å²) in [5.74, 6) is 0.323. The topological polar surface area (TPSA) is 47.9 Å². The maximum Gasteiger partial charge on any atom is 0.328 e. The lowest BCUT2D eigenvalue weighted by molar-refractivity contribution is 0.124. The van der Waals surface area contributed by atoms with E-state index in [-0.39, 0.29) is 17.9 Å². The molecule has 7 heteroatoms. The van der Waals surface area contributed by atoms with Crippen LogP contribution in [0.4, 0.5) is 14.9 Å². The number of likely N-dealkylation sites (tertiary alicyclic amines) is 1. The van der Waals surface area contributed by atoms with Gasteiger partial charge in [0.2, 0.25) is 0 Å². The average Bonchev–Trinajstić information content (AvgIpc) is 2.95. The Labute approximate surface area is 184 Å². The van der Waals surface area contributed by atoms with E-state index in [1.165, 1.54) is 21.3 Å². The Balaban J connectivity index is 1.62. The number of rotatable bonds is 3. The van der Waals surface area contributed by atoms with Crippen LogP contribution in [0.2, 0.25) is 0 Å². The molecule has 0 aromatic heterocycles. The largest absolute Gasteiger partial charge is 0.328 e. The Bertz CT molecular complexity index is 965. The molecule has 0 bridgehead atoms. The number of benzene rings is 2. The molecule has 2 atom stereocenters. The predicted molar refractivity (Wildman–Crippen MR) is 122 cm³/mol. The van der Waals surface area contributed by atoms with Gasteiger partial charge in [0.05, 0.1) is 0 Å². The highest BCUT2D eigenvalue weighted by atomic mass is 127. The Morgan fingerprint density at radius 1 is 1.28 bits per heavy atom. The highest BCUT2D eigenvalue weighted by molar-refractivity contribution is 14.1. The lowest BCUT2D eigenvalue weighted by atomic mass is 9.81. The number of piperidine rings is 1. The van der Waals surface area contributed by atoms with Gasteiger partial charge < -0.3 is 0 Å². The molecule has 4 rings (SSSR count). The summed E-state index contributed by atoms with van der Waals surface area (Å²) in [6.07, 6.45) is 1.47. The zero-order chi connectivity index (χ0) is 20.6. The molecule has 2 amide bonds. The van der Waals surface area contributed by atoms with Crippen LogP contribution in [0.1, 0.15) is 25.3 Å². The number of carbonyl (C=O) groups is 1. The summed E-state index contributed by atoms with van der Waals surface area (Å²) in [6.45, 7) is 3.88. The van der Waals surface area contributed by atoms with Crippen LogP contribution in [0.25, 0.3) is 0 Å². The highest BCUT2D eigenvalue weighted by Gasteiger charge is 2.54. The lowest BCUT2D eigenvalue weighted by Gasteiger charge is -2.47. The molecule has 152 valence electrons. The van der Waals surface area contributed by atoms with E-state index in [0.29, 0.717) is 11.5 Å². The minimum Gasteiger partial charge on any atom is -0.296 e. The first-order chi connectivity index (χ1) is 13.9. The average molecular weight is 506 g/mol. The first-order valence-electron chi connectivity index (χ1n) is 9.75. The van der Waals surface area contributed by atoms with Gasteiger partial charge in [-0.25, -0.2) is 9.18 Å². The van der Waals surface area contributed by atoms with Crippen LogP contribution in [0.3, 0.4) is 0 Å². The van der Waals surface area contributed by atoms with Crippen molar-refractivity contribution in [1.29, 1.82) is 0 Å². The van der Waals surface area contributed by atoms with Gasteiger partial charge in [0.15, 0.2) is 0 Å². The number of amides is 2. The monoisotopic (exact) mass is 506 g/mol. The van der Waals surface area contributed by atoms with Crippen molar-refractivity contribution in [2.75, 3.05) is 18.5 Å². The van der Waals surface area contributed by atoms with E-state index in [4.69, 9.17) is 0 Å². The number of nitrogens with zero attached hydrogens (tertiary/aromatic N) is 3. The molecule has 0 radical (unpaired) electrons. The third-order valence-electron chi connectivity index (χ3n) is 5.93.